The van der Waals surface area contributed by atoms with Crippen LogP contribution in [0.3, 0.4) is 0 Å². The van der Waals surface area contributed by atoms with Crippen molar-refractivity contribution in [3.63, 3.8) is 0 Å². The predicted molar refractivity (Wildman–Crippen MR) is 114 cm³/mol. The maximum absolute atomic E-state index is 12.4. The van der Waals surface area contributed by atoms with Crippen molar-refractivity contribution in [2.75, 3.05) is 28.6 Å². The second kappa shape index (κ2) is 7.27. The molecule has 0 spiro atoms. The number of benzene rings is 2. The second-order valence-electron chi connectivity index (χ2n) is 7.81. The lowest BCUT2D eigenvalue weighted by molar-refractivity contribution is 0.414. The zero-order valence-electron chi connectivity index (χ0n) is 16.9. The summed E-state index contributed by atoms with van der Waals surface area (Å²) in [6, 6.07) is 15.9. The second-order valence-corrected chi connectivity index (χ2v) is 9.83. The molecule has 0 bridgehead atoms. The molecule has 0 aromatic heterocycles. The summed E-state index contributed by atoms with van der Waals surface area (Å²) < 4.78 is 31.7. The number of nitriles is 1. The van der Waals surface area contributed by atoms with Crippen LogP contribution in [-0.2, 0) is 10.0 Å². The minimum absolute atomic E-state index is 0.156. The summed E-state index contributed by atoms with van der Waals surface area (Å²) >= 11 is 0. The summed E-state index contributed by atoms with van der Waals surface area (Å²) in [5, 5.41) is 10.0. The highest BCUT2D eigenvalue weighted by Gasteiger charge is 2.41. The lowest BCUT2D eigenvalue weighted by atomic mass is 9.91. The van der Waals surface area contributed by atoms with E-state index in [0.717, 1.165) is 22.6 Å². The van der Waals surface area contributed by atoms with Crippen molar-refractivity contribution in [3.05, 3.63) is 53.6 Å². The molecule has 2 aromatic rings. The number of nitrogens with zero attached hydrogens (tertiary/aromatic N) is 3. The molecule has 0 radical (unpaired) electrons. The molecule has 2 aliphatic rings. The van der Waals surface area contributed by atoms with Crippen molar-refractivity contribution >= 4 is 21.4 Å². The molecule has 152 valence electrons. The van der Waals surface area contributed by atoms with Crippen molar-refractivity contribution in [1.82, 2.24) is 0 Å². The van der Waals surface area contributed by atoms with E-state index in [1.807, 2.05) is 42.5 Å². The number of anilines is 2. The van der Waals surface area contributed by atoms with Crippen molar-refractivity contribution in [2.24, 2.45) is 0 Å². The Morgan fingerprint density at radius 2 is 2.00 bits per heavy atom. The summed E-state index contributed by atoms with van der Waals surface area (Å²) in [7, 11) is -1.62. The standard InChI is InChI=1S/C22H25N3O3S/c1-15(2)25-21-13-18(28-3)8-9-19(21)20(14-23)22(25)16-6-4-7-17(12-16)24-10-5-11-29(24,26)27/h4,6-9,12-13,15,20,22H,5,10-11H2,1-3H3. The summed E-state index contributed by atoms with van der Waals surface area (Å²) in [5.41, 5.74) is 3.59. The summed E-state index contributed by atoms with van der Waals surface area (Å²) in [5.74, 6) is 0.595. The third-order valence-electron chi connectivity index (χ3n) is 5.76. The van der Waals surface area contributed by atoms with Crippen molar-refractivity contribution < 1.29 is 13.2 Å². The molecule has 2 unspecified atom stereocenters. The first-order valence-corrected chi connectivity index (χ1v) is 11.4. The lowest BCUT2D eigenvalue weighted by Gasteiger charge is -2.33. The third kappa shape index (κ3) is 3.22. The molecule has 2 heterocycles. The van der Waals surface area contributed by atoms with E-state index in [4.69, 9.17) is 4.74 Å². The third-order valence-corrected chi connectivity index (χ3v) is 7.63. The SMILES string of the molecule is COc1ccc2c(c1)N(C(C)C)C(c1cccc(N3CCCS3(=O)=O)c1)C2C#N. The van der Waals surface area contributed by atoms with Crippen LogP contribution in [0.4, 0.5) is 11.4 Å². The van der Waals surface area contributed by atoms with Gasteiger partial charge in [-0.1, -0.05) is 18.2 Å². The zero-order chi connectivity index (χ0) is 20.8. The Hall–Kier alpha value is -2.72. The number of fused-ring (bicyclic) bond motifs is 1. The number of rotatable bonds is 4. The molecule has 4 rings (SSSR count). The van der Waals surface area contributed by atoms with Crippen LogP contribution in [0.15, 0.2) is 42.5 Å². The number of hydrogen-bond donors (Lipinski definition) is 0. The van der Waals surface area contributed by atoms with E-state index < -0.39 is 10.0 Å². The molecule has 0 saturated carbocycles. The van der Waals surface area contributed by atoms with Gasteiger partial charge in [0.05, 0.1) is 36.6 Å². The fourth-order valence-electron chi connectivity index (χ4n) is 4.50. The van der Waals surface area contributed by atoms with Crippen molar-refractivity contribution in [2.45, 2.75) is 38.3 Å². The van der Waals surface area contributed by atoms with E-state index in [1.54, 1.807) is 7.11 Å². The van der Waals surface area contributed by atoms with E-state index in [0.29, 0.717) is 18.7 Å². The highest BCUT2D eigenvalue weighted by atomic mass is 32.2. The minimum Gasteiger partial charge on any atom is -0.497 e. The fraction of sp³-hybridized carbons (Fsp3) is 0.409. The van der Waals surface area contributed by atoms with E-state index in [-0.39, 0.29) is 23.8 Å². The average Bonchev–Trinajstić information content (AvgIpc) is 3.23. The van der Waals surface area contributed by atoms with Crippen LogP contribution in [-0.4, -0.2) is 33.9 Å². The van der Waals surface area contributed by atoms with Crippen molar-refractivity contribution in [3.8, 4) is 11.8 Å². The molecule has 0 amide bonds. The molecule has 2 aliphatic heterocycles. The van der Waals surface area contributed by atoms with Crippen LogP contribution in [0, 0.1) is 11.3 Å². The molecule has 0 aliphatic carbocycles. The Morgan fingerprint density at radius 1 is 1.21 bits per heavy atom. The van der Waals surface area contributed by atoms with Crippen LogP contribution < -0.4 is 13.9 Å². The molecule has 2 aromatic carbocycles. The first-order valence-electron chi connectivity index (χ1n) is 9.83. The van der Waals surface area contributed by atoms with Gasteiger partial charge in [0.2, 0.25) is 10.0 Å². The van der Waals surface area contributed by atoms with E-state index in [1.165, 1.54) is 4.31 Å². The van der Waals surface area contributed by atoms with Gasteiger partial charge in [-0.25, -0.2) is 8.42 Å². The quantitative estimate of drug-likeness (QED) is 0.765. The first-order chi connectivity index (χ1) is 13.9. The topological polar surface area (TPSA) is 73.6 Å². The average molecular weight is 412 g/mol. The molecule has 2 atom stereocenters. The van der Waals surface area contributed by atoms with Crippen LogP contribution in [0.25, 0.3) is 0 Å². The van der Waals surface area contributed by atoms with Gasteiger partial charge in [0, 0.05) is 24.3 Å². The van der Waals surface area contributed by atoms with Gasteiger partial charge in [0.1, 0.15) is 5.75 Å². The number of sulfonamides is 1. The van der Waals surface area contributed by atoms with E-state index >= 15 is 0 Å². The van der Waals surface area contributed by atoms with Crippen LogP contribution in [0.5, 0.6) is 5.75 Å². The molecule has 0 N–H and O–H groups in total. The van der Waals surface area contributed by atoms with Crippen LogP contribution in [0.1, 0.15) is 43.4 Å². The Kier molecular flexibility index (Phi) is 4.91. The fourth-order valence-corrected chi connectivity index (χ4v) is 6.06. The number of ether oxygens (including phenoxy) is 1. The normalized spacial score (nSPS) is 22.6. The van der Waals surface area contributed by atoms with Gasteiger partial charge < -0.3 is 9.64 Å². The zero-order valence-corrected chi connectivity index (χ0v) is 17.7. The van der Waals surface area contributed by atoms with Gasteiger partial charge in [-0.05, 0) is 49.6 Å². The van der Waals surface area contributed by atoms with Gasteiger partial charge in [-0.2, -0.15) is 5.26 Å². The highest BCUT2D eigenvalue weighted by molar-refractivity contribution is 7.93. The van der Waals surface area contributed by atoms with Gasteiger partial charge >= 0.3 is 0 Å². The van der Waals surface area contributed by atoms with Gasteiger partial charge in [0.15, 0.2) is 0 Å². The predicted octanol–water partition coefficient (Wildman–Crippen LogP) is 3.81. The van der Waals surface area contributed by atoms with Gasteiger partial charge in [-0.15, -0.1) is 0 Å². The molecular formula is C22H25N3O3S. The Labute approximate surface area is 172 Å². The molecule has 7 heteroatoms. The lowest BCUT2D eigenvalue weighted by Crippen LogP contribution is -2.33. The first kappa shape index (κ1) is 19.6. The molecule has 29 heavy (non-hydrogen) atoms. The minimum atomic E-state index is -3.25. The smallest absolute Gasteiger partial charge is 0.235 e. The maximum Gasteiger partial charge on any atom is 0.235 e. The Balaban J connectivity index is 1.81. The van der Waals surface area contributed by atoms with Crippen LogP contribution in [0.2, 0.25) is 0 Å². The van der Waals surface area contributed by atoms with Crippen molar-refractivity contribution in [1.29, 1.82) is 5.26 Å². The van der Waals surface area contributed by atoms with Gasteiger partial charge in [-0.3, -0.25) is 4.31 Å². The number of hydrogen-bond acceptors (Lipinski definition) is 5. The highest BCUT2D eigenvalue weighted by Crippen LogP contribution is 2.51. The molecule has 6 nitrogen and oxygen atoms in total. The van der Waals surface area contributed by atoms with Crippen LogP contribution >= 0.6 is 0 Å². The Morgan fingerprint density at radius 3 is 2.62 bits per heavy atom. The summed E-state index contributed by atoms with van der Waals surface area (Å²) in [6.07, 6.45) is 0.639. The monoisotopic (exact) mass is 411 g/mol. The van der Waals surface area contributed by atoms with E-state index in [9.17, 15) is 13.7 Å². The maximum atomic E-state index is 12.4. The van der Waals surface area contributed by atoms with E-state index in [2.05, 4.69) is 24.8 Å². The number of methoxy groups -OCH3 is 1. The summed E-state index contributed by atoms with van der Waals surface area (Å²) in [4.78, 5) is 2.24. The largest absolute Gasteiger partial charge is 0.497 e. The molecule has 1 saturated heterocycles. The summed E-state index contributed by atoms with van der Waals surface area (Å²) in [6.45, 7) is 4.71. The molecular weight excluding hydrogens is 386 g/mol. The Bertz CT molecular complexity index is 1070. The molecule has 1 fully saturated rings. The van der Waals surface area contributed by atoms with Gasteiger partial charge in [0.25, 0.3) is 0 Å².